The summed E-state index contributed by atoms with van der Waals surface area (Å²) >= 11 is 0. The minimum atomic E-state index is -0.102. The second kappa shape index (κ2) is 10.1. The molecule has 0 radical (unpaired) electrons. The van der Waals surface area contributed by atoms with Crippen LogP contribution in [0.3, 0.4) is 0 Å². The maximum Gasteiger partial charge on any atom is 0.309 e. The molecular formula is C23H34N2O3. The van der Waals surface area contributed by atoms with Crippen molar-refractivity contribution >= 4 is 11.9 Å². The lowest BCUT2D eigenvalue weighted by molar-refractivity contribution is -0.152. The smallest absolute Gasteiger partial charge is 0.309 e. The van der Waals surface area contributed by atoms with Gasteiger partial charge in [0.1, 0.15) is 0 Å². The van der Waals surface area contributed by atoms with Gasteiger partial charge < -0.3 is 9.64 Å². The molecule has 2 aliphatic rings. The Morgan fingerprint density at radius 2 is 1.46 bits per heavy atom. The van der Waals surface area contributed by atoms with Crippen LogP contribution in [0, 0.1) is 11.8 Å². The van der Waals surface area contributed by atoms with Gasteiger partial charge in [-0.2, -0.15) is 0 Å². The van der Waals surface area contributed by atoms with Crippen molar-refractivity contribution < 1.29 is 14.3 Å². The van der Waals surface area contributed by atoms with E-state index in [1.807, 2.05) is 11.8 Å². The molecule has 28 heavy (non-hydrogen) atoms. The number of piperidine rings is 2. The minimum Gasteiger partial charge on any atom is -0.466 e. The van der Waals surface area contributed by atoms with Gasteiger partial charge in [0.15, 0.2) is 0 Å². The van der Waals surface area contributed by atoms with Crippen LogP contribution in [0.1, 0.15) is 50.7 Å². The predicted octanol–water partition coefficient (Wildman–Crippen LogP) is 3.26. The Morgan fingerprint density at radius 1 is 0.893 bits per heavy atom. The van der Waals surface area contributed by atoms with Crippen LogP contribution < -0.4 is 0 Å². The zero-order valence-electron chi connectivity index (χ0n) is 17.4. The summed E-state index contributed by atoms with van der Waals surface area (Å²) in [6, 6.07) is 8.88. The molecule has 0 saturated carbocycles. The van der Waals surface area contributed by atoms with Crippen molar-refractivity contribution in [1.29, 1.82) is 0 Å². The van der Waals surface area contributed by atoms with Crippen LogP contribution in [0.15, 0.2) is 24.3 Å². The van der Waals surface area contributed by atoms with Crippen LogP contribution in [-0.2, 0) is 27.3 Å². The molecule has 2 fully saturated rings. The van der Waals surface area contributed by atoms with Crippen LogP contribution in [-0.4, -0.2) is 54.5 Å². The number of rotatable bonds is 6. The van der Waals surface area contributed by atoms with Crippen LogP contribution in [0.4, 0.5) is 0 Å². The van der Waals surface area contributed by atoms with Gasteiger partial charge in [0.05, 0.1) is 12.5 Å². The van der Waals surface area contributed by atoms with Crippen LogP contribution in [0.2, 0.25) is 0 Å². The summed E-state index contributed by atoms with van der Waals surface area (Å²) in [4.78, 5) is 29.2. The minimum absolute atomic E-state index is 0.0371. The van der Waals surface area contributed by atoms with Gasteiger partial charge in [0, 0.05) is 25.6 Å². The fourth-order valence-electron chi connectivity index (χ4n) is 4.33. The Bertz CT molecular complexity index is 642. The molecule has 0 aromatic heterocycles. The summed E-state index contributed by atoms with van der Waals surface area (Å²) in [6.45, 7) is 8.74. The van der Waals surface area contributed by atoms with Gasteiger partial charge in [0.2, 0.25) is 5.91 Å². The van der Waals surface area contributed by atoms with E-state index in [-0.39, 0.29) is 23.7 Å². The van der Waals surface area contributed by atoms with E-state index in [2.05, 4.69) is 36.1 Å². The number of hydrogen-bond acceptors (Lipinski definition) is 4. The summed E-state index contributed by atoms with van der Waals surface area (Å²) in [5.74, 6) is 0.284. The van der Waals surface area contributed by atoms with Crippen molar-refractivity contribution in [3.05, 3.63) is 35.4 Å². The number of aryl methyl sites for hydroxylation is 1. The van der Waals surface area contributed by atoms with Crippen LogP contribution >= 0.6 is 0 Å². The van der Waals surface area contributed by atoms with Gasteiger partial charge in [-0.1, -0.05) is 31.2 Å². The quantitative estimate of drug-likeness (QED) is 0.704. The molecule has 0 N–H and O–H groups in total. The number of esters is 1. The fraction of sp³-hybridized carbons (Fsp3) is 0.652. The van der Waals surface area contributed by atoms with Crippen LogP contribution in [0.5, 0.6) is 0 Å². The fourth-order valence-corrected chi connectivity index (χ4v) is 4.33. The van der Waals surface area contributed by atoms with E-state index in [0.717, 1.165) is 51.7 Å². The van der Waals surface area contributed by atoms with E-state index >= 15 is 0 Å². The SMILES string of the molecule is CCOC(=O)C1CCN(C(=O)C2CCN(Cc3ccc(CC)cc3)CC2)CC1. The average Bonchev–Trinajstić information content (AvgIpc) is 2.74. The molecule has 1 amide bonds. The highest BCUT2D eigenvalue weighted by atomic mass is 16.5. The first-order valence-electron chi connectivity index (χ1n) is 10.9. The summed E-state index contributed by atoms with van der Waals surface area (Å²) in [6.07, 6.45) is 4.41. The molecule has 5 nitrogen and oxygen atoms in total. The molecule has 2 saturated heterocycles. The van der Waals surface area contributed by atoms with E-state index in [0.29, 0.717) is 19.7 Å². The third-order valence-corrected chi connectivity index (χ3v) is 6.20. The van der Waals surface area contributed by atoms with E-state index in [1.165, 1.54) is 11.1 Å². The summed E-state index contributed by atoms with van der Waals surface area (Å²) < 4.78 is 5.12. The average molecular weight is 387 g/mol. The Morgan fingerprint density at radius 3 is 2.04 bits per heavy atom. The highest BCUT2D eigenvalue weighted by Crippen LogP contribution is 2.25. The molecule has 0 unspecified atom stereocenters. The van der Waals surface area contributed by atoms with Gasteiger partial charge in [-0.25, -0.2) is 0 Å². The maximum atomic E-state index is 12.9. The highest BCUT2D eigenvalue weighted by Gasteiger charge is 2.32. The number of benzene rings is 1. The molecule has 2 heterocycles. The Kier molecular flexibility index (Phi) is 7.49. The predicted molar refractivity (Wildman–Crippen MR) is 110 cm³/mol. The molecule has 154 valence electrons. The molecule has 1 aromatic carbocycles. The number of carbonyl (C=O) groups is 2. The van der Waals surface area contributed by atoms with Crippen molar-refractivity contribution in [2.45, 2.75) is 52.5 Å². The van der Waals surface area contributed by atoms with Gasteiger partial charge in [-0.05, 0) is 63.2 Å². The Hall–Kier alpha value is -1.88. The van der Waals surface area contributed by atoms with Gasteiger partial charge in [-0.15, -0.1) is 0 Å². The molecule has 5 heteroatoms. The lowest BCUT2D eigenvalue weighted by Crippen LogP contribution is -2.46. The first kappa shape index (κ1) is 20.8. The second-order valence-electron chi connectivity index (χ2n) is 8.07. The van der Waals surface area contributed by atoms with Crippen molar-refractivity contribution in [2.75, 3.05) is 32.8 Å². The third-order valence-electron chi connectivity index (χ3n) is 6.20. The normalized spacial score (nSPS) is 19.6. The standard InChI is InChI=1S/C23H34N2O3/c1-3-18-5-7-19(8-6-18)17-24-13-9-20(10-14-24)22(26)25-15-11-21(12-16-25)23(27)28-4-2/h5-8,20-21H,3-4,9-17H2,1-2H3. The summed E-state index contributed by atoms with van der Waals surface area (Å²) in [5.41, 5.74) is 2.72. The number of carbonyl (C=O) groups excluding carboxylic acids is 2. The molecular weight excluding hydrogens is 352 g/mol. The first-order chi connectivity index (χ1) is 13.6. The maximum absolute atomic E-state index is 12.9. The number of nitrogens with zero attached hydrogens (tertiary/aromatic N) is 2. The van der Waals surface area contributed by atoms with Crippen molar-refractivity contribution in [3.8, 4) is 0 Å². The zero-order valence-corrected chi connectivity index (χ0v) is 17.4. The molecule has 0 bridgehead atoms. The zero-order chi connectivity index (χ0) is 19.9. The van der Waals surface area contributed by atoms with Gasteiger partial charge >= 0.3 is 5.97 Å². The molecule has 2 aliphatic heterocycles. The van der Waals surface area contributed by atoms with Gasteiger partial charge in [0.25, 0.3) is 0 Å². The van der Waals surface area contributed by atoms with E-state index < -0.39 is 0 Å². The number of hydrogen-bond donors (Lipinski definition) is 0. The van der Waals surface area contributed by atoms with Crippen molar-refractivity contribution in [2.24, 2.45) is 11.8 Å². The van der Waals surface area contributed by atoms with Crippen molar-refractivity contribution in [1.82, 2.24) is 9.80 Å². The Balaban J connectivity index is 1.42. The first-order valence-corrected chi connectivity index (χ1v) is 10.9. The highest BCUT2D eigenvalue weighted by molar-refractivity contribution is 5.79. The number of ether oxygens (including phenoxy) is 1. The third kappa shape index (κ3) is 5.34. The van der Waals surface area contributed by atoms with E-state index in [9.17, 15) is 9.59 Å². The number of amides is 1. The number of likely N-dealkylation sites (tertiary alicyclic amines) is 2. The molecule has 1 aromatic rings. The molecule has 3 rings (SSSR count). The topological polar surface area (TPSA) is 49.9 Å². The lowest BCUT2D eigenvalue weighted by Gasteiger charge is -2.36. The monoisotopic (exact) mass is 386 g/mol. The van der Waals surface area contributed by atoms with E-state index in [1.54, 1.807) is 0 Å². The van der Waals surface area contributed by atoms with Crippen molar-refractivity contribution in [3.63, 3.8) is 0 Å². The second-order valence-corrected chi connectivity index (χ2v) is 8.07. The molecule has 0 spiro atoms. The van der Waals surface area contributed by atoms with Crippen LogP contribution in [0.25, 0.3) is 0 Å². The molecule has 0 aliphatic carbocycles. The summed E-state index contributed by atoms with van der Waals surface area (Å²) in [7, 11) is 0. The molecule has 0 atom stereocenters. The lowest BCUT2D eigenvalue weighted by atomic mass is 9.92. The Labute approximate surface area is 169 Å². The van der Waals surface area contributed by atoms with E-state index in [4.69, 9.17) is 4.74 Å². The largest absolute Gasteiger partial charge is 0.466 e. The summed E-state index contributed by atoms with van der Waals surface area (Å²) in [5, 5.41) is 0. The van der Waals surface area contributed by atoms with Gasteiger partial charge in [-0.3, -0.25) is 14.5 Å².